The van der Waals surface area contributed by atoms with Crippen molar-refractivity contribution in [3.8, 4) is 0 Å². The van der Waals surface area contributed by atoms with Gasteiger partial charge in [-0.3, -0.25) is 14.8 Å². The van der Waals surface area contributed by atoms with Crippen LogP contribution in [-0.2, 0) is 16.1 Å². The Morgan fingerprint density at radius 3 is 3.22 bits per heavy atom. The molecule has 0 unspecified atom stereocenters. The Bertz CT molecular complexity index is 442. The van der Waals surface area contributed by atoms with Crippen molar-refractivity contribution < 1.29 is 9.53 Å². The maximum atomic E-state index is 10.9. The first-order valence-electron chi connectivity index (χ1n) is 6.03. The topological polar surface area (TPSA) is 63.6 Å². The van der Waals surface area contributed by atoms with Crippen LogP contribution in [0.4, 0.5) is 0 Å². The average Bonchev–Trinajstić information content (AvgIpc) is 3.21. The first kappa shape index (κ1) is 12.7. The number of carbonyl (C=O) groups is 1. The van der Waals surface area contributed by atoms with Gasteiger partial charge in [0.05, 0.1) is 25.4 Å². The van der Waals surface area contributed by atoms with E-state index in [0.29, 0.717) is 12.6 Å². The summed E-state index contributed by atoms with van der Waals surface area (Å²) in [4.78, 5) is 19.6. The molecule has 1 aliphatic rings. The quantitative estimate of drug-likeness (QED) is 0.600. The van der Waals surface area contributed by atoms with Crippen LogP contribution < -0.4 is 5.32 Å². The van der Waals surface area contributed by atoms with Crippen LogP contribution in [-0.4, -0.2) is 36.9 Å². The van der Waals surface area contributed by atoms with Crippen molar-refractivity contribution in [2.75, 3.05) is 13.7 Å². The van der Waals surface area contributed by atoms with Gasteiger partial charge in [0, 0.05) is 19.0 Å². The molecule has 0 radical (unpaired) electrons. The molecule has 0 saturated heterocycles. The second kappa shape index (κ2) is 6.26. The van der Waals surface area contributed by atoms with Crippen molar-refractivity contribution in [2.45, 2.75) is 25.4 Å². The number of ether oxygens (including phenoxy) is 1. The molecule has 1 heterocycles. The van der Waals surface area contributed by atoms with Crippen molar-refractivity contribution in [3.63, 3.8) is 0 Å². The zero-order valence-corrected chi connectivity index (χ0v) is 10.4. The molecule has 0 amide bonds. The summed E-state index contributed by atoms with van der Waals surface area (Å²) in [5, 5.41) is 2.98. The zero-order chi connectivity index (χ0) is 12.8. The third-order valence-corrected chi connectivity index (χ3v) is 2.63. The second-order valence-electron chi connectivity index (χ2n) is 4.27. The van der Waals surface area contributed by atoms with Crippen LogP contribution >= 0.6 is 0 Å². The van der Waals surface area contributed by atoms with Crippen molar-refractivity contribution in [3.05, 3.63) is 29.6 Å². The maximum Gasteiger partial charge on any atom is 0.319 e. The molecule has 1 aromatic rings. The van der Waals surface area contributed by atoms with Crippen LogP contribution in [0.2, 0.25) is 0 Å². The lowest BCUT2D eigenvalue weighted by Crippen LogP contribution is -2.23. The summed E-state index contributed by atoms with van der Waals surface area (Å²) in [7, 11) is 1.37. The molecule has 96 valence electrons. The third kappa shape index (κ3) is 4.25. The maximum absolute atomic E-state index is 10.9. The van der Waals surface area contributed by atoms with Crippen LogP contribution in [0.1, 0.15) is 24.1 Å². The number of esters is 1. The fourth-order valence-corrected chi connectivity index (χ4v) is 1.45. The number of pyridine rings is 1. The van der Waals surface area contributed by atoms with Gasteiger partial charge in [0.25, 0.3) is 0 Å². The number of rotatable bonds is 6. The van der Waals surface area contributed by atoms with Crippen LogP contribution in [0.3, 0.4) is 0 Å². The third-order valence-electron chi connectivity index (χ3n) is 2.63. The van der Waals surface area contributed by atoms with Crippen molar-refractivity contribution in [2.24, 2.45) is 4.99 Å². The second-order valence-corrected chi connectivity index (χ2v) is 4.27. The van der Waals surface area contributed by atoms with Gasteiger partial charge < -0.3 is 10.1 Å². The van der Waals surface area contributed by atoms with Crippen molar-refractivity contribution in [1.29, 1.82) is 0 Å². The summed E-state index contributed by atoms with van der Waals surface area (Å²) >= 11 is 0. The summed E-state index contributed by atoms with van der Waals surface area (Å²) in [6.45, 7) is 0.735. The van der Waals surface area contributed by atoms with Gasteiger partial charge in [-0.15, -0.1) is 0 Å². The van der Waals surface area contributed by atoms with E-state index in [-0.39, 0.29) is 12.5 Å². The van der Waals surface area contributed by atoms with E-state index in [2.05, 4.69) is 20.0 Å². The van der Waals surface area contributed by atoms with E-state index >= 15 is 0 Å². The highest BCUT2D eigenvalue weighted by molar-refractivity contribution is 5.79. The Hall–Kier alpha value is -1.75. The molecule has 0 aromatic carbocycles. The Kier molecular flexibility index (Phi) is 4.41. The number of aromatic nitrogens is 1. The smallest absolute Gasteiger partial charge is 0.319 e. The Morgan fingerprint density at radius 2 is 2.50 bits per heavy atom. The van der Waals surface area contributed by atoms with Gasteiger partial charge in [0.1, 0.15) is 0 Å². The van der Waals surface area contributed by atoms with E-state index < -0.39 is 0 Å². The minimum atomic E-state index is -0.276. The molecule has 5 nitrogen and oxygen atoms in total. The Morgan fingerprint density at radius 1 is 1.67 bits per heavy atom. The first-order valence-corrected chi connectivity index (χ1v) is 6.03. The number of hydrogen-bond donors (Lipinski definition) is 1. The van der Waals surface area contributed by atoms with Gasteiger partial charge in [0.15, 0.2) is 0 Å². The minimum Gasteiger partial charge on any atom is -0.468 e. The molecule has 0 aliphatic heterocycles. The highest BCUT2D eigenvalue weighted by Crippen LogP contribution is 2.23. The number of methoxy groups -OCH3 is 1. The Labute approximate surface area is 106 Å². The Balaban J connectivity index is 1.84. The van der Waals surface area contributed by atoms with E-state index in [9.17, 15) is 4.79 Å². The van der Waals surface area contributed by atoms with Gasteiger partial charge in [-0.2, -0.15) is 0 Å². The average molecular weight is 247 g/mol. The van der Waals surface area contributed by atoms with Crippen molar-refractivity contribution >= 4 is 12.2 Å². The number of hydrogen-bond acceptors (Lipinski definition) is 5. The highest BCUT2D eigenvalue weighted by atomic mass is 16.5. The molecular weight excluding hydrogens is 230 g/mol. The monoisotopic (exact) mass is 247 g/mol. The zero-order valence-electron chi connectivity index (χ0n) is 10.4. The summed E-state index contributed by atoms with van der Waals surface area (Å²) in [6, 6.07) is 4.42. The summed E-state index contributed by atoms with van der Waals surface area (Å²) in [5.74, 6) is -0.276. The van der Waals surface area contributed by atoms with Crippen LogP contribution in [0.15, 0.2) is 23.3 Å². The van der Waals surface area contributed by atoms with Crippen LogP contribution in [0.5, 0.6) is 0 Å². The van der Waals surface area contributed by atoms with E-state index in [4.69, 9.17) is 0 Å². The predicted octanol–water partition coefficient (Wildman–Crippen LogP) is 0.925. The van der Waals surface area contributed by atoms with E-state index in [1.54, 1.807) is 6.20 Å². The number of nitrogens with zero attached hydrogens (tertiary/aromatic N) is 2. The standard InChI is InChI=1S/C13H17N3O2/c1-18-13(17)9-14-8-12-6-10(4-5-15-12)7-16-11-2-3-11/h4-7,11,14H,2-3,8-9H2,1H3/b16-7+. The van der Waals surface area contributed by atoms with E-state index in [1.165, 1.54) is 20.0 Å². The molecule has 18 heavy (non-hydrogen) atoms. The van der Waals surface area contributed by atoms with Crippen LogP contribution in [0.25, 0.3) is 0 Å². The molecule has 1 saturated carbocycles. The molecule has 1 aliphatic carbocycles. The SMILES string of the molecule is COC(=O)CNCc1cc(/C=N/C2CC2)ccn1. The number of aliphatic imine (C=N–C) groups is 1. The van der Waals surface area contributed by atoms with Gasteiger partial charge in [-0.25, -0.2) is 0 Å². The first-order chi connectivity index (χ1) is 8.78. The van der Waals surface area contributed by atoms with E-state index in [1.807, 2.05) is 18.3 Å². The predicted molar refractivity (Wildman–Crippen MR) is 68.6 cm³/mol. The molecule has 0 spiro atoms. The number of nitrogens with one attached hydrogen (secondary N) is 1. The summed E-state index contributed by atoms with van der Waals surface area (Å²) < 4.78 is 4.54. The molecular formula is C13H17N3O2. The van der Waals surface area contributed by atoms with Crippen molar-refractivity contribution in [1.82, 2.24) is 10.3 Å². The lowest BCUT2D eigenvalue weighted by atomic mass is 10.2. The molecule has 2 rings (SSSR count). The van der Waals surface area contributed by atoms with Gasteiger partial charge in [-0.1, -0.05) is 0 Å². The largest absolute Gasteiger partial charge is 0.468 e. The minimum absolute atomic E-state index is 0.193. The summed E-state index contributed by atoms with van der Waals surface area (Å²) in [6.07, 6.45) is 6.05. The molecule has 0 atom stereocenters. The molecule has 1 aromatic heterocycles. The molecule has 0 bridgehead atoms. The number of carbonyl (C=O) groups excluding carboxylic acids is 1. The summed E-state index contributed by atoms with van der Waals surface area (Å²) in [5.41, 5.74) is 1.94. The molecule has 1 fully saturated rings. The van der Waals surface area contributed by atoms with Gasteiger partial charge in [-0.05, 0) is 30.5 Å². The van der Waals surface area contributed by atoms with E-state index in [0.717, 1.165) is 11.3 Å². The fraction of sp³-hybridized carbons (Fsp3) is 0.462. The van der Waals surface area contributed by atoms with Gasteiger partial charge >= 0.3 is 5.97 Å². The molecule has 1 N–H and O–H groups in total. The fourth-order valence-electron chi connectivity index (χ4n) is 1.45. The highest BCUT2D eigenvalue weighted by Gasteiger charge is 2.18. The van der Waals surface area contributed by atoms with Gasteiger partial charge in [0.2, 0.25) is 0 Å². The van der Waals surface area contributed by atoms with Crippen LogP contribution in [0, 0.1) is 0 Å². The molecule has 5 heteroatoms. The lowest BCUT2D eigenvalue weighted by molar-refractivity contribution is -0.139. The lowest BCUT2D eigenvalue weighted by Gasteiger charge is -2.03. The normalized spacial score (nSPS) is 14.9.